The van der Waals surface area contributed by atoms with Crippen molar-refractivity contribution in [2.24, 2.45) is 0 Å². The van der Waals surface area contributed by atoms with E-state index in [1.165, 1.54) is 12.0 Å². The SMILES string of the molecule is COC(=O)N1CCCC(OS(C)(=O)=O)C1. The number of likely N-dealkylation sites (tertiary alicyclic amines) is 1. The Kier molecular flexibility index (Phi) is 3.92. The van der Waals surface area contributed by atoms with Crippen molar-refractivity contribution < 1.29 is 22.1 Å². The highest BCUT2D eigenvalue weighted by atomic mass is 32.2. The molecule has 0 bridgehead atoms. The molecule has 1 heterocycles. The van der Waals surface area contributed by atoms with E-state index in [1.807, 2.05) is 0 Å². The minimum Gasteiger partial charge on any atom is -0.453 e. The lowest BCUT2D eigenvalue weighted by Crippen LogP contribution is -2.43. The third-order valence-corrected chi connectivity index (χ3v) is 2.74. The number of rotatable bonds is 2. The van der Waals surface area contributed by atoms with E-state index in [-0.39, 0.29) is 6.54 Å². The zero-order valence-electron chi connectivity index (χ0n) is 8.80. The summed E-state index contributed by atoms with van der Waals surface area (Å²) < 4.78 is 31.2. The molecule has 88 valence electrons. The molecule has 6 nitrogen and oxygen atoms in total. The fourth-order valence-electron chi connectivity index (χ4n) is 1.56. The Balaban J connectivity index is 2.53. The molecule has 0 spiro atoms. The molecular formula is C8H15NO5S. The van der Waals surface area contributed by atoms with E-state index < -0.39 is 22.3 Å². The van der Waals surface area contributed by atoms with Gasteiger partial charge in [0.1, 0.15) is 0 Å². The van der Waals surface area contributed by atoms with Crippen molar-refractivity contribution in [2.75, 3.05) is 26.5 Å². The molecule has 15 heavy (non-hydrogen) atoms. The molecule has 0 aliphatic carbocycles. The maximum atomic E-state index is 11.2. The van der Waals surface area contributed by atoms with Crippen molar-refractivity contribution >= 4 is 16.2 Å². The first-order chi connectivity index (χ1) is 6.92. The molecule has 0 N–H and O–H groups in total. The largest absolute Gasteiger partial charge is 0.453 e. The molecule has 0 saturated carbocycles. The van der Waals surface area contributed by atoms with Gasteiger partial charge < -0.3 is 9.64 Å². The van der Waals surface area contributed by atoms with Crippen LogP contribution < -0.4 is 0 Å². The lowest BCUT2D eigenvalue weighted by Gasteiger charge is -2.30. The van der Waals surface area contributed by atoms with Gasteiger partial charge in [-0.1, -0.05) is 0 Å². The van der Waals surface area contributed by atoms with Gasteiger partial charge in [0.2, 0.25) is 0 Å². The topological polar surface area (TPSA) is 72.9 Å². The predicted octanol–water partition coefficient (Wildman–Crippen LogP) is 0.193. The van der Waals surface area contributed by atoms with Crippen molar-refractivity contribution in [1.29, 1.82) is 0 Å². The Morgan fingerprint density at radius 3 is 2.67 bits per heavy atom. The van der Waals surface area contributed by atoms with Gasteiger partial charge in [-0.3, -0.25) is 4.18 Å². The van der Waals surface area contributed by atoms with E-state index in [0.29, 0.717) is 13.0 Å². The van der Waals surface area contributed by atoms with Gasteiger partial charge in [0, 0.05) is 6.54 Å². The first kappa shape index (κ1) is 12.3. The summed E-state index contributed by atoms with van der Waals surface area (Å²) in [5.41, 5.74) is 0. The number of piperidine rings is 1. The van der Waals surface area contributed by atoms with Crippen molar-refractivity contribution in [3.8, 4) is 0 Å². The second kappa shape index (κ2) is 4.80. The highest BCUT2D eigenvalue weighted by molar-refractivity contribution is 7.86. The van der Waals surface area contributed by atoms with E-state index in [9.17, 15) is 13.2 Å². The van der Waals surface area contributed by atoms with Crippen LogP contribution in [0.3, 0.4) is 0 Å². The second-order valence-electron chi connectivity index (χ2n) is 3.48. The van der Waals surface area contributed by atoms with Crippen LogP contribution in [0.25, 0.3) is 0 Å². The van der Waals surface area contributed by atoms with E-state index in [1.54, 1.807) is 0 Å². The summed E-state index contributed by atoms with van der Waals surface area (Å²) >= 11 is 0. The molecule has 1 rings (SSSR count). The van der Waals surface area contributed by atoms with E-state index in [2.05, 4.69) is 4.74 Å². The Labute approximate surface area is 89.3 Å². The Morgan fingerprint density at radius 1 is 1.47 bits per heavy atom. The molecule has 0 aromatic carbocycles. The van der Waals surface area contributed by atoms with Gasteiger partial charge in [0.25, 0.3) is 10.1 Å². The van der Waals surface area contributed by atoms with Crippen molar-refractivity contribution in [2.45, 2.75) is 18.9 Å². The third-order valence-electron chi connectivity index (χ3n) is 2.12. The molecule has 1 fully saturated rings. The van der Waals surface area contributed by atoms with Crippen LogP contribution in [0.5, 0.6) is 0 Å². The average Bonchev–Trinajstić information content (AvgIpc) is 2.14. The number of amides is 1. The zero-order valence-corrected chi connectivity index (χ0v) is 9.62. The Morgan fingerprint density at radius 2 is 2.13 bits per heavy atom. The summed E-state index contributed by atoms with van der Waals surface area (Å²) in [5, 5.41) is 0. The summed E-state index contributed by atoms with van der Waals surface area (Å²) in [6.45, 7) is 0.843. The number of hydrogen-bond acceptors (Lipinski definition) is 5. The summed E-state index contributed by atoms with van der Waals surface area (Å²) in [4.78, 5) is 12.6. The summed E-state index contributed by atoms with van der Waals surface area (Å²) in [6.07, 6.45) is 1.46. The smallest absolute Gasteiger partial charge is 0.409 e. The first-order valence-electron chi connectivity index (χ1n) is 4.63. The van der Waals surface area contributed by atoms with Crippen LogP contribution in [0, 0.1) is 0 Å². The number of carbonyl (C=O) groups is 1. The monoisotopic (exact) mass is 237 g/mol. The van der Waals surface area contributed by atoms with Gasteiger partial charge in [-0.05, 0) is 12.8 Å². The molecule has 1 aliphatic rings. The van der Waals surface area contributed by atoms with Crippen LogP contribution in [-0.2, 0) is 19.0 Å². The van der Waals surface area contributed by atoms with Crippen molar-refractivity contribution in [1.82, 2.24) is 4.90 Å². The van der Waals surface area contributed by atoms with Crippen LogP contribution in [-0.4, -0.2) is 52.0 Å². The number of ether oxygens (including phenoxy) is 1. The maximum absolute atomic E-state index is 11.2. The molecule has 7 heteroatoms. The van der Waals surface area contributed by atoms with E-state index in [0.717, 1.165) is 12.7 Å². The molecular weight excluding hydrogens is 222 g/mol. The minimum absolute atomic E-state index is 0.264. The van der Waals surface area contributed by atoms with Crippen molar-refractivity contribution in [3.63, 3.8) is 0 Å². The first-order valence-corrected chi connectivity index (χ1v) is 6.45. The fourth-order valence-corrected chi connectivity index (χ4v) is 2.21. The van der Waals surface area contributed by atoms with Gasteiger partial charge in [0.15, 0.2) is 0 Å². The van der Waals surface area contributed by atoms with Gasteiger partial charge >= 0.3 is 6.09 Å². The van der Waals surface area contributed by atoms with Gasteiger partial charge in [-0.25, -0.2) is 4.79 Å². The third kappa shape index (κ3) is 4.05. The summed E-state index contributed by atoms with van der Waals surface area (Å²) in [7, 11) is -2.16. The van der Waals surface area contributed by atoms with Gasteiger partial charge in [-0.15, -0.1) is 0 Å². The van der Waals surface area contributed by atoms with Crippen LogP contribution in [0.15, 0.2) is 0 Å². The number of carbonyl (C=O) groups excluding carboxylic acids is 1. The second-order valence-corrected chi connectivity index (χ2v) is 5.08. The van der Waals surface area contributed by atoms with Gasteiger partial charge in [-0.2, -0.15) is 8.42 Å². The molecule has 0 aromatic heterocycles. The molecule has 1 amide bonds. The molecule has 1 saturated heterocycles. The lowest BCUT2D eigenvalue weighted by atomic mass is 10.1. The van der Waals surface area contributed by atoms with Crippen LogP contribution >= 0.6 is 0 Å². The van der Waals surface area contributed by atoms with E-state index >= 15 is 0 Å². The molecule has 1 atom stereocenters. The standard InChI is InChI=1S/C8H15NO5S/c1-13-8(10)9-5-3-4-7(6-9)14-15(2,11)12/h7H,3-6H2,1-2H3. The fraction of sp³-hybridized carbons (Fsp3) is 0.875. The number of nitrogens with zero attached hydrogens (tertiary/aromatic N) is 1. The zero-order chi connectivity index (χ0) is 11.5. The normalized spacial score (nSPS) is 22.5. The quantitative estimate of drug-likeness (QED) is 0.641. The van der Waals surface area contributed by atoms with Crippen LogP contribution in [0.2, 0.25) is 0 Å². The maximum Gasteiger partial charge on any atom is 0.409 e. The minimum atomic E-state index is -3.46. The Bertz CT molecular complexity index is 326. The Hall–Kier alpha value is -0.820. The van der Waals surface area contributed by atoms with E-state index in [4.69, 9.17) is 4.18 Å². The summed E-state index contributed by atoms with van der Waals surface area (Å²) in [5.74, 6) is 0. The molecule has 0 aromatic rings. The average molecular weight is 237 g/mol. The summed E-state index contributed by atoms with van der Waals surface area (Å²) in [6, 6.07) is 0. The number of methoxy groups -OCH3 is 1. The number of hydrogen-bond donors (Lipinski definition) is 0. The molecule has 1 unspecified atom stereocenters. The molecule has 1 aliphatic heterocycles. The lowest BCUT2D eigenvalue weighted by molar-refractivity contribution is 0.0724. The van der Waals surface area contributed by atoms with Crippen molar-refractivity contribution in [3.05, 3.63) is 0 Å². The highest BCUT2D eigenvalue weighted by Crippen LogP contribution is 2.15. The highest BCUT2D eigenvalue weighted by Gasteiger charge is 2.26. The molecule has 0 radical (unpaired) electrons. The predicted molar refractivity (Wildman–Crippen MR) is 52.9 cm³/mol. The van der Waals surface area contributed by atoms with Crippen LogP contribution in [0.4, 0.5) is 4.79 Å². The van der Waals surface area contributed by atoms with Gasteiger partial charge in [0.05, 0.1) is 26.0 Å². The van der Waals surface area contributed by atoms with Crippen LogP contribution in [0.1, 0.15) is 12.8 Å².